The number of benzene rings is 1. The number of ether oxygens (including phenoxy) is 1. The quantitative estimate of drug-likeness (QED) is 0.766. The Morgan fingerprint density at radius 2 is 2.06 bits per heavy atom. The number of ketones is 1. The van der Waals surface area contributed by atoms with Crippen LogP contribution in [0.15, 0.2) is 36.4 Å². The molecule has 1 unspecified atom stereocenters. The summed E-state index contributed by atoms with van der Waals surface area (Å²) in [6, 6.07) is 7.02. The number of Topliss-reactive ketones (excluding diaryl/α,β-unsaturated/α-hetero) is 1. The summed E-state index contributed by atoms with van der Waals surface area (Å²) in [4.78, 5) is 25.2. The van der Waals surface area contributed by atoms with E-state index in [1.165, 1.54) is 11.8 Å². The molecule has 0 bridgehead atoms. The first-order chi connectivity index (χ1) is 8.52. The summed E-state index contributed by atoms with van der Waals surface area (Å²) in [6.45, 7) is 7.21. The molecule has 94 valence electrons. The third-order valence-electron chi connectivity index (χ3n) is 2.71. The van der Waals surface area contributed by atoms with Crippen LogP contribution in [0.3, 0.4) is 0 Å². The van der Waals surface area contributed by atoms with E-state index in [1.54, 1.807) is 24.3 Å². The summed E-state index contributed by atoms with van der Waals surface area (Å²) in [5.41, 5.74) is 1.95. The number of amides is 1. The first kappa shape index (κ1) is 12.5. The summed E-state index contributed by atoms with van der Waals surface area (Å²) in [7, 11) is 0. The van der Waals surface area contributed by atoms with Gasteiger partial charge in [-0.3, -0.25) is 14.5 Å². The summed E-state index contributed by atoms with van der Waals surface area (Å²) < 4.78 is 5.49. The minimum atomic E-state index is -0.864. The maximum Gasteiger partial charge on any atom is 0.226 e. The number of carbonyl (C=O) groups excluding carboxylic acids is 2. The minimum Gasteiger partial charge on any atom is -0.346 e. The Labute approximate surface area is 106 Å². The number of hydrogen-bond acceptors (Lipinski definition) is 3. The number of rotatable bonds is 3. The first-order valence-electron chi connectivity index (χ1n) is 5.71. The molecule has 2 rings (SSSR count). The molecule has 0 N–H and O–H groups in total. The predicted octanol–water partition coefficient (Wildman–Crippen LogP) is 2.15. The third kappa shape index (κ3) is 2.07. The van der Waals surface area contributed by atoms with Crippen molar-refractivity contribution in [1.82, 2.24) is 0 Å². The van der Waals surface area contributed by atoms with Crippen LogP contribution >= 0.6 is 0 Å². The van der Waals surface area contributed by atoms with Crippen LogP contribution in [-0.2, 0) is 9.53 Å². The summed E-state index contributed by atoms with van der Waals surface area (Å²) in [5.74, 6) is -0.387. The van der Waals surface area contributed by atoms with E-state index in [1.807, 2.05) is 6.92 Å². The van der Waals surface area contributed by atoms with Gasteiger partial charge in [-0.15, -0.1) is 0 Å². The smallest absolute Gasteiger partial charge is 0.226 e. The van der Waals surface area contributed by atoms with Gasteiger partial charge >= 0.3 is 0 Å². The van der Waals surface area contributed by atoms with Gasteiger partial charge in [0.1, 0.15) is 0 Å². The van der Waals surface area contributed by atoms with Gasteiger partial charge in [-0.2, -0.15) is 0 Å². The highest BCUT2D eigenvalue weighted by Gasteiger charge is 2.39. The third-order valence-corrected chi connectivity index (χ3v) is 2.71. The lowest BCUT2D eigenvalue weighted by Gasteiger charge is -2.22. The largest absolute Gasteiger partial charge is 0.346 e. The molecule has 1 aliphatic rings. The van der Waals surface area contributed by atoms with Gasteiger partial charge < -0.3 is 4.74 Å². The molecule has 1 aliphatic heterocycles. The average molecular weight is 245 g/mol. The predicted molar refractivity (Wildman–Crippen MR) is 68.5 cm³/mol. The maximum absolute atomic E-state index is 12.2. The molecule has 18 heavy (non-hydrogen) atoms. The van der Waals surface area contributed by atoms with E-state index in [4.69, 9.17) is 4.74 Å². The number of para-hydroxylation sites is 1. The van der Waals surface area contributed by atoms with Crippen LogP contribution in [0.5, 0.6) is 0 Å². The van der Waals surface area contributed by atoms with E-state index < -0.39 is 6.23 Å². The fourth-order valence-electron chi connectivity index (χ4n) is 1.97. The Balaban J connectivity index is 2.34. The molecule has 1 aromatic carbocycles. The van der Waals surface area contributed by atoms with Crippen molar-refractivity contribution in [3.05, 3.63) is 42.0 Å². The number of nitrogens with zero attached hydrogens (tertiary/aromatic N) is 1. The molecule has 1 amide bonds. The molecular formula is C14H15NO3. The van der Waals surface area contributed by atoms with Crippen LogP contribution in [0.1, 0.15) is 24.2 Å². The molecule has 0 aliphatic carbocycles. The monoisotopic (exact) mass is 245 g/mol. The zero-order chi connectivity index (χ0) is 13.3. The van der Waals surface area contributed by atoms with Gasteiger partial charge in [0.05, 0.1) is 12.3 Å². The highest BCUT2D eigenvalue weighted by molar-refractivity contribution is 6.16. The summed E-state index contributed by atoms with van der Waals surface area (Å²) in [5, 5.41) is 0. The number of carbonyl (C=O) groups is 2. The lowest BCUT2D eigenvalue weighted by molar-refractivity contribution is -0.118. The Hall–Kier alpha value is -1.94. The van der Waals surface area contributed by atoms with Crippen molar-refractivity contribution in [3.8, 4) is 0 Å². The van der Waals surface area contributed by atoms with Crippen LogP contribution in [0.4, 0.5) is 5.69 Å². The molecule has 0 saturated carbocycles. The molecule has 0 aromatic heterocycles. The maximum atomic E-state index is 12.2. The topological polar surface area (TPSA) is 46.6 Å². The fourth-order valence-corrected chi connectivity index (χ4v) is 1.97. The van der Waals surface area contributed by atoms with E-state index >= 15 is 0 Å². The second-order valence-corrected chi connectivity index (χ2v) is 4.39. The summed E-state index contributed by atoms with van der Waals surface area (Å²) in [6.07, 6.45) is -0.864. The van der Waals surface area contributed by atoms with Gasteiger partial charge in [-0.25, -0.2) is 0 Å². The molecule has 0 fully saturated rings. The van der Waals surface area contributed by atoms with Gasteiger partial charge in [0.15, 0.2) is 0 Å². The number of fused-ring (bicyclic) bond motifs is 1. The van der Waals surface area contributed by atoms with E-state index in [0.717, 1.165) is 5.57 Å². The average Bonchev–Trinajstić information content (AvgIpc) is 2.60. The number of hydrogen-bond donors (Lipinski definition) is 0. The Bertz CT molecular complexity index is 522. The van der Waals surface area contributed by atoms with Crippen LogP contribution in [0, 0.1) is 0 Å². The molecule has 1 atom stereocenters. The van der Waals surface area contributed by atoms with Crippen molar-refractivity contribution in [2.24, 2.45) is 0 Å². The van der Waals surface area contributed by atoms with Gasteiger partial charge in [-0.1, -0.05) is 24.3 Å². The van der Waals surface area contributed by atoms with Crippen LogP contribution < -0.4 is 4.90 Å². The van der Waals surface area contributed by atoms with E-state index in [9.17, 15) is 9.59 Å². The molecule has 0 saturated heterocycles. The second-order valence-electron chi connectivity index (χ2n) is 4.39. The van der Waals surface area contributed by atoms with Crippen LogP contribution in [0.2, 0.25) is 0 Å². The van der Waals surface area contributed by atoms with Gasteiger partial charge in [0.25, 0.3) is 0 Å². The number of anilines is 1. The standard InChI is InChI=1S/C14H15NO3/c1-9(2)8-18-14-13(17)11-6-4-5-7-12(11)15(14)10(3)16/h4-7,14H,1,8H2,2-3H3. The first-order valence-corrected chi connectivity index (χ1v) is 5.71. The molecule has 4 nitrogen and oxygen atoms in total. The summed E-state index contributed by atoms with van der Waals surface area (Å²) >= 11 is 0. The van der Waals surface area contributed by atoms with E-state index in [-0.39, 0.29) is 18.3 Å². The molecule has 4 heteroatoms. The van der Waals surface area contributed by atoms with Crippen molar-refractivity contribution < 1.29 is 14.3 Å². The lowest BCUT2D eigenvalue weighted by Crippen LogP contribution is -2.41. The Kier molecular flexibility index (Phi) is 3.30. The second kappa shape index (κ2) is 4.74. The Morgan fingerprint density at radius 1 is 1.39 bits per heavy atom. The van der Waals surface area contributed by atoms with Crippen molar-refractivity contribution in [2.45, 2.75) is 20.1 Å². The van der Waals surface area contributed by atoms with E-state index in [2.05, 4.69) is 6.58 Å². The van der Waals surface area contributed by atoms with Gasteiger partial charge in [0, 0.05) is 12.5 Å². The zero-order valence-corrected chi connectivity index (χ0v) is 10.5. The van der Waals surface area contributed by atoms with Crippen molar-refractivity contribution in [2.75, 3.05) is 11.5 Å². The highest BCUT2D eigenvalue weighted by Crippen LogP contribution is 2.32. The fraction of sp³-hybridized carbons (Fsp3) is 0.286. The zero-order valence-electron chi connectivity index (χ0n) is 10.5. The highest BCUT2D eigenvalue weighted by atomic mass is 16.5. The van der Waals surface area contributed by atoms with Crippen molar-refractivity contribution in [3.63, 3.8) is 0 Å². The molecule has 0 radical (unpaired) electrons. The normalized spacial score (nSPS) is 17.8. The molecular weight excluding hydrogens is 230 g/mol. The van der Waals surface area contributed by atoms with Crippen molar-refractivity contribution >= 4 is 17.4 Å². The van der Waals surface area contributed by atoms with E-state index in [0.29, 0.717) is 11.3 Å². The van der Waals surface area contributed by atoms with Crippen LogP contribution in [-0.4, -0.2) is 24.5 Å². The van der Waals surface area contributed by atoms with Gasteiger partial charge in [-0.05, 0) is 19.1 Å². The van der Waals surface area contributed by atoms with Gasteiger partial charge in [0.2, 0.25) is 17.9 Å². The lowest BCUT2D eigenvalue weighted by atomic mass is 10.1. The molecule has 1 aromatic rings. The van der Waals surface area contributed by atoms with Crippen LogP contribution in [0.25, 0.3) is 0 Å². The van der Waals surface area contributed by atoms with Crippen molar-refractivity contribution in [1.29, 1.82) is 0 Å². The molecule has 0 spiro atoms. The SMILES string of the molecule is C=C(C)COC1C(=O)c2ccccc2N1C(C)=O. The Morgan fingerprint density at radius 3 is 2.67 bits per heavy atom. The minimum absolute atomic E-state index is 0.179. The molecule has 1 heterocycles.